The van der Waals surface area contributed by atoms with Crippen LogP contribution < -0.4 is 21.7 Å². The number of ether oxygens (including phenoxy) is 1. The number of carbonyl (C=O) groups is 3. The van der Waals surface area contributed by atoms with E-state index in [0.717, 1.165) is 5.92 Å². The third-order valence-electron chi connectivity index (χ3n) is 6.50. The molecule has 0 bridgehead atoms. The molecule has 0 radical (unpaired) electrons. The lowest BCUT2D eigenvalue weighted by atomic mass is 9.79. The van der Waals surface area contributed by atoms with Gasteiger partial charge in [0.2, 0.25) is 5.91 Å². The van der Waals surface area contributed by atoms with Gasteiger partial charge in [-0.25, -0.2) is 0 Å². The van der Waals surface area contributed by atoms with Gasteiger partial charge < -0.3 is 29.2 Å². The van der Waals surface area contributed by atoms with Crippen LogP contribution in [-0.2, 0) is 30.7 Å². The molecule has 2 amide bonds. The molecule has 1 saturated heterocycles. The number of hydrogen-bond acceptors (Lipinski definition) is 8. The Balaban J connectivity index is 0.00000138. The van der Waals surface area contributed by atoms with E-state index in [9.17, 15) is 19.2 Å². The number of aromatic nitrogens is 2. The summed E-state index contributed by atoms with van der Waals surface area (Å²) >= 11 is 0. The molecule has 11 nitrogen and oxygen atoms in total. The normalized spacial score (nSPS) is 15.9. The van der Waals surface area contributed by atoms with Crippen LogP contribution in [0.2, 0.25) is 0 Å². The largest absolute Gasteiger partial charge is 0.496 e. The summed E-state index contributed by atoms with van der Waals surface area (Å²) in [6, 6.07) is 3.91. The molecule has 1 fully saturated rings. The Labute approximate surface area is 242 Å². The number of rotatable bonds is 9. The van der Waals surface area contributed by atoms with Crippen molar-refractivity contribution in [3.63, 3.8) is 0 Å². The summed E-state index contributed by atoms with van der Waals surface area (Å²) in [5.74, 6) is -0.912. The zero-order valence-electron chi connectivity index (χ0n) is 25.6. The van der Waals surface area contributed by atoms with E-state index in [1.54, 1.807) is 25.3 Å². The van der Waals surface area contributed by atoms with Crippen LogP contribution in [0.25, 0.3) is 0 Å². The highest BCUT2D eigenvalue weighted by molar-refractivity contribution is 6.62. The molecule has 3 heterocycles. The average molecular weight is 570 g/mol. The molecule has 1 aliphatic rings. The third-order valence-corrected chi connectivity index (χ3v) is 6.50. The molecule has 1 atom stereocenters. The maximum absolute atomic E-state index is 12.7. The molecule has 1 aliphatic heterocycles. The van der Waals surface area contributed by atoms with Crippen molar-refractivity contribution in [2.24, 2.45) is 13.0 Å². The maximum atomic E-state index is 12.7. The van der Waals surface area contributed by atoms with E-state index in [1.165, 1.54) is 30.1 Å². The zero-order valence-corrected chi connectivity index (χ0v) is 25.6. The number of nitrogens with one attached hydrogen (secondary N) is 2. The van der Waals surface area contributed by atoms with Gasteiger partial charge in [0.25, 0.3) is 11.5 Å². The first kappa shape index (κ1) is 33.7. The molecule has 224 valence electrons. The molecule has 41 heavy (non-hydrogen) atoms. The Morgan fingerprint density at radius 3 is 2.29 bits per heavy atom. The van der Waals surface area contributed by atoms with Gasteiger partial charge in [-0.2, -0.15) is 0 Å². The van der Waals surface area contributed by atoms with E-state index in [2.05, 4.69) is 36.4 Å². The van der Waals surface area contributed by atoms with E-state index in [0.29, 0.717) is 11.0 Å². The highest BCUT2D eigenvalue weighted by Gasteiger charge is 2.51. The lowest BCUT2D eigenvalue weighted by molar-refractivity contribution is -0.143. The minimum atomic E-state index is -0.789. The van der Waals surface area contributed by atoms with Gasteiger partial charge in [-0.3, -0.25) is 24.2 Å². The van der Waals surface area contributed by atoms with Gasteiger partial charge in [-0.05, 0) is 58.2 Å². The second-order valence-corrected chi connectivity index (χ2v) is 11.5. The number of nitrogens with zero attached hydrogens (tertiary/aromatic N) is 2. The van der Waals surface area contributed by atoms with E-state index in [-0.39, 0.29) is 18.6 Å². The molecule has 2 aromatic heterocycles. The SMILES string of the molecule is CC(C)C.CCOC(=O)CC(NC(=O)CNC(=O)c1cccn(C)c1=O)c1cncc(B2OC(C)(C)C(C)(C)O2)c1. The lowest BCUT2D eigenvalue weighted by Gasteiger charge is -2.32. The van der Waals surface area contributed by atoms with Gasteiger partial charge in [0.05, 0.1) is 36.8 Å². The fraction of sp³-hybridized carbons (Fsp3) is 0.552. The Hall–Kier alpha value is -3.51. The molecule has 1 unspecified atom stereocenters. The Morgan fingerprint density at radius 1 is 1.10 bits per heavy atom. The van der Waals surface area contributed by atoms with Crippen LogP contribution in [0.4, 0.5) is 0 Å². The molecule has 2 aromatic rings. The maximum Gasteiger partial charge on any atom is 0.496 e. The van der Waals surface area contributed by atoms with Crippen molar-refractivity contribution in [2.75, 3.05) is 13.2 Å². The van der Waals surface area contributed by atoms with Gasteiger partial charge in [-0.15, -0.1) is 0 Å². The van der Waals surface area contributed by atoms with Crippen LogP contribution in [0.3, 0.4) is 0 Å². The van der Waals surface area contributed by atoms with E-state index >= 15 is 0 Å². The summed E-state index contributed by atoms with van der Waals surface area (Å²) in [7, 11) is 0.849. The Morgan fingerprint density at radius 2 is 1.71 bits per heavy atom. The number of carbonyl (C=O) groups excluding carboxylic acids is 3. The van der Waals surface area contributed by atoms with E-state index in [1.807, 2.05) is 27.7 Å². The fourth-order valence-corrected chi connectivity index (χ4v) is 3.69. The minimum absolute atomic E-state index is 0.0832. The molecular weight excluding hydrogens is 527 g/mol. The van der Waals surface area contributed by atoms with Crippen LogP contribution in [-0.4, -0.2) is 58.8 Å². The van der Waals surface area contributed by atoms with Crippen molar-refractivity contribution >= 4 is 30.4 Å². The Kier molecular flexibility index (Phi) is 11.8. The van der Waals surface area contributed by atoms with Crippen molar-refractivity contribution in [3.8, 4) is 0 Å². The fourth-order valence-electron chi connectivity index (χ4n) is 3.69. The van der Waals surface area contributed by atoms with Gasteiger partial charge in [-0.1, -0.05) is 26.8 Å². The van der Waals surface area contributed by atoms with Gasteiger partial charge in [0.1, 0.15) is 5.56 Å². The summed E-state index contributed by atoms with van der Waals surface area (Å²) in [6.07, 6.45) is 4.51. The topological polar surface area (TPSA) is 138 Å². The molecule has 0 spiro atoms. The number of pyridine rings is 2. The Bertz CT molecular complexity index is 1260. The predicted molar refractivity (Wildman–Crippen MR) is 157 cm³/mol. The molecule has 0 aliphatic carbocycles. The number of hydrogen-bond donors (Lipinski definition) is 2. The van der Waals surface area contributed by atoms with Crippen LogP contribution in [0.15, 0.2) is 41.6 Å². The summed E-state index contributed by atoms with van der Waals surface area (Å²) in [4.78, 5) is 53.9. The summed E-state index contributed by atoms with van der Waals surface area (Å²) in [6.45, 7) is 15.7. The molecule has 12 heteroatoms. The summed E-state index contributed by atoms with van der Waals surface area (Å²) in [5.41, 5.74) is -0.496. The van der Waals surface area contributed by atoms with Crippen molar-refractivity contribution < 1.29 is 28.4 Å². The van der Waals surface area contributed by atoms with Crippen molar-refractivity contribution in [1.29, 1.82) is 0 Å². The predicted octanol–water partition coefficient (Wildman–Crippen LogP) is 2.28. The second kappa shape index (κ2) is 14.4. The molecular formula is C29H43BN4O7. The van der Waals surface area contributed by atoms with Crippen LogP contribution in [0, 0.1) is 5.92 Å². The minimum Gasteiger partial charge on any atom is -0.466 e. The first-order chi connectivity index (χ1) is 19.1. The zero-order chi connectivity index (χ0) is 31.0. The third kappa shape index (κ3) is 9.53. The van der Waals surface area contributed by atoms with Gasteiger partial charge in [0, 0.05) is 31.1 Å². The highest BCUT2D eigenvalue weighted by Crippen LogP contribution is 2.36. The molecule has 2 N–H and O–H groups in total. The lowest BCUT2D eigenvalue weighted by Crippen LogP contribution is -2.41. The van der Waals surface area contributed by atoms with E-state index < -0.39 is 54.3 Å². The quantitative estimate of drug-likeness (QED) is 0.346. The number of aryl methyl sites for hydroxylation is 1. The average Bonchev–Trinajstić information content (AvgIpc) is 3.10. The van der Waals surface area contributed by atoms with Gasteiger partial charge in [0.15, 0.2) is 0 Å². The molecule has 3 rings (SSSR count). The van der Waals surface area contributed by atoms with Crippen LogP contribution in [0.5, 0.6) is 0 Å². The number of amides is 2. The van der Waals surface area contributed by atoms with Crippen molar-refractivity contribution in [1.82, 2.24) is 20.2 Å². The summed E-state index contributed by atoms with van der Waals surface area (Å²) in [5, 5.41) is 5.19. The van der Waals surface area contributed by atoms with Gasteiger partial charge >= 0.3 is 13.1 Å². The smallest absolute Gasteiger partial charge is 0.466 e. The summed E-state index contributed by atoms with van der Waals surface area (Å²) < 4.78 is 18.5. The van der Waals surface area contributed by atoms with Crippen LogP contribution >= 0.6 is 0 Å². The highest BCUT2D eigenvalue weighted by atomic mass is 16.7. The monoisotopic (exact) mass is 570 g/mol. The van der Waals surface area contributed by atoms with Crippen LogP contribution in [0.1, 0.15) is 83.8 Å². The standard InChI is InChI=1S/C25H33BN4O7.C4H10/c1-7-35-21(32)12-19(29-20(31)15-28-22(33)18-9-8-10-30(6)23(18)34)16-11-17(14-27-13-16)26-36-24(2,3)25(4,5)37-26;1-4(2)3/h8-11,13-14,19H,7,12,15H2,1-6H3,(H,28,33)(H,29,31);4H,1-3H3. The second-order valence-electron chi connectivity index (χ2n) is 11.5. The van der Waals surface area contributed by atoms with E-state index in [4.69, 9.17) is 14.0 Å². The molecule has 0 aromatic carbocycles. The molecule has 0 saturated carbocycles. The first-order valence-corrected chi connectivity index (χ1v) is 13.8. The van der Waals surface area contributed by atoms with Crippen molar-refractivity contribution in [2.45, 2.75) is 79.1 Å². The first-order valence-electron chi connectivity index (χ1n) is 13.8. The number of esters is 1. The van der Waals surface area contributed by atoms with Crippen molar-refractivity contribution in [3.05, 3.63) is 58.3 Å².